The van der Waals surface area contributed by atoms with Crippen LogP contribution in [0.15, 0.2) is 121 Å². The third-order valence-corrected chi connectivity index (χ3v) is 15.5. The number of ether oxygens (including phenoxy) is 2. The molecule has 4 aliphatic rings. The number of nitrogens with zero attached hydrogens (tertiary/aromatic N) is 4. The highest BCUT2D eigenvalue weighted by atomic mass is 35.5. The minimum atomic E-state index is -1.03. The van der Waals surface area contributed by atoms with E-state index in [4.69, 9.17) is 26.8 Å². The minimum absolute atomic E-state index is 0.0634. The van der Waals surface area contributed by atoms with Gasteiger partial charge in [0.1, 0.15) is 24.1 Å². The van der Waals surface area contributed by atoms with Gasteiger partial charge in [0.2, 0.25) is 5.91 Å². The molecule has 1 saturated heterocycles. The first-order chi connectivity index (χ1) is 36.9. The Morgan fingerprint density at radius 2 is 1.46 bits per heavy atom. The van der Waals surface area contributed by atoms with Crippen molar-refractivity contribution in [2.45, 2.75) is 37.1 Å². The molecule has 2 atom stereocenters. The maximum Gasteiger partial charge on any atom is 0.415 e. The number of H-pyrrole nitrogens is 1. The molecule has 388 valence electrons. The number of piperazine rings is 1. The molecule has 11 rings (SSSR count). The molecule has 17 nitrogen and oxygen atoms in total. The Bertz CT molecular complexity index is 3400. The average Bonchev–Trinajstić information content (AvgIpc) is 4.25. The number of carbonyl (C=O) groups excluding carboxylic acids is 6. The van der Waals surface area contributed by atoms with E-state index in [9.17, 15) is 28.8 Å². The molecular weight excluding hydrogens is 986 g/mol. The fraction of sp³-hybridized carbons (Fsp3) is 0.276. The first kappa shape index (κ1) is 49.8. The van der Waals surface area contributed by atoms with Gasteiger partial charge in [-0.1, -0.05) is 72.8 Å². The Hall–Kier alpha value is -8.41. The highest BCUT2D eigenvalue weighted by molar-refractivity contribution is 6.19. The summed E-state index contributed by atoms with van der Waals surface area (Å²) in [6, 6.07) is 35.9. The van der Waals surface area contributed by atoms with Crippen LogP contribution in [-0.4, -0.2) is 122 Å². The van der Waals surface area contributed by atoms with Crippen molar-refractivity contribution in [1.82, 2.24) is 25.4 Å². The molecule has 4 heterocycles. The first-order valence-electron chi connectivity index (χ1n) is 25.5. The molecule has 0 radical (unpaired) electrons. The maximum atomic E-state index is 14.6. The first-order valence-corrected chi connectivity index (χ1v) is 26.1. The topological polar surface area (TPSA) is 212 Å². The number of benzene rings is 6. The van der Waals surface area contributed by atoms with E-state index in [0.29, 0.717) is 67.4 Å². The summed E-state index contributed by atoms with van der Waals surface area (Å²) < 4.78 is 11.8. The number of aromatic amines is 1. The fourth-order valence-corrected chi connectivity index (χ4v) is 11.4. The number of urea groups is 1. The Kier molecular flexibility index (Phi) is 13.8. The van der Waals surface area contributed by atoms with Crippen molar-refractivity contribution >= 4 is 86.3 Å². The van der Waals surface area contributed by atoms with E-state index in [1.165, 1.54) is 0 Å². The molecule has 0 unspecified atom stereocenters. The maximum absolute atomic E-state index is 14.6. The molecule has 1 fully saturated rings. The van der Waals surface area contributed by atoms with Crippen LogP contribution in [0.3, 0.4) is 0 Å². The Labute approximate surface area is 443 Å². The highest BCUT2D eigenvalue weighted by Crippen LogP contribution is 2.47. The lowest BCUT2D eigenvalue weighted by atomic mass is 9.95. The lowest BCUT2D eigenvalue weighted by Crippen LogP contribution is -2.48. The average molecular weight is 1040 g/mol. The Morgan fingerprint density at radius 3 is 2.17 bits per heavy atom. The third kappa shape index (κ3) is 9.63. The van der Waals surface area contributed by atoms with Crippen LogP contribution in [-0.2, 0) is 16.0 Å². The SMILES string of the molecule is CN1CCN(C(=O)Oc2cc3c(c4ccccc24)[C@H](CCl)CN3C(=O)c2cc3c4c(ccc3[nH]2)N(C(=O)c2ccc(NC(=O)[C@H](CCCNC(N)=O)NC(=O)OCC3c5ccccc5-c5ccccc53)cc2)CC4)CC1. The number of amides is 7. The smallest absolute Gasteiger partial charge is 0.415 e. The van der Waals surface area contributed by atoms with E-state index in [1.54, 1.807) is 45.0 Å². The molecule has 18 heteroatoms. The van der Waals surface area contributed by atoms with Crippen LogP contribution >= 0.6 is 11.6 Å². The summed E-state index contributed by atoms with van der Waals surface area (Å²) in [5, 5.41) is 10.6. The van der Waals surface area contributed by atoms with Crippen LogP contribution in [0.25, 0.3) is 32.8 Å². The lowest BCUT2D eigenvalue weighted by Gasteiger charge is -2.31. The van der Waals surface area contributed by atoms with E-state index in [1.807, 2.05) is 98.0 Å². The second-order valence-electron chi connectivity index (χ2n) is 19.7. The van der Waals surface area contributed by atoms with Gasteiger partial charge in [-0.2, -0.15) is 0 Å². The number of fused-ring (bicyclic) bond motifs is 9. The van der Waals surface area contributed by atoms with Crippen LogP contribution in [0.2, 0.25) is 0 Å². The molecule has 76 heavy (non-hydrogen) atoms. The summed E-state index contributed by atoms with van der Waals surface area (Å²) in [6.45, 7) is 3.61. The molecule has 1 aliphatic carbocycles. The lowest BCUT2D eigenvalue weighted by molar-refractivity contribution is -0.118. The van der Waals surface area contributed by atoms with E-state index < -0.39 is 30.2 Å². The van der Waals surface area contributed by atoms with Crippen LogP contribution < -0.4 is 36.2 Å². The van der Waals surface area contributed by atoms with Gasteiger partial charge in [-0.25, -0.2) is 14.4 Å². The zero-order chi connectivity index (χ0) is 52.6. The van der Waals surface area contributed by atoms with Crippen molar-refractivity contribution in [2.75, 3.05) is 80.5 Å². The van der Waals surface area contributed by atoms with Gasteiger partial charge < -0.3 is 55.7 Å². The van der Waals surface area contributed by atoms with E-state index in [0.717, 1.165) is 73.8 Å². The standard InChI is InChI=1S/C58H56ClN9O8/c1-65-25-27-66(28-26-65)58(74)76-51-30-50-52(43-14-7-6-13-42(43)51)35(31-59)32-68(50)55(71)48-29-44-41-22-24-67(49(41)21-20-46(44)63-48)54(70)34-16-18-36(19-17-34)62-53(69)47(15-8-23-61-56(60)72)64-57(73)75-33-45-39-11-4-2-9-37(39)38-10-3-5-12-40(38)45/h2-7,9-14,16-21,29-30,35,45,47,63H,8,15,22-28,31-33H2,1H3,(H,62,69)(H,64,73)(H3,60,61,72)/t35-,47+/m1/s1. The van der Waals surface area contributed by atoms with Gasteiger partial charge in [0, 0.05) is 103 Å². The summed E-state index contributed by atoms with van der Waals surface area (Å²) in [5.74, 6) is -0.686. The predicted octanol–water partition coefficient (Wildman–Crippen LogP) is 8.55. The van der Waals surface area contributed by atoms with Gasteiger partial charge in [-0.3, -0.25) is 14.4 Å². The zero-order valence-corrected chi connectivity index (χ0v) is 42.5. The van der Waals surface area contributed by atoms with Crippen LogP contribution in [0.1, 0.15) is 67.8 Å². The largest absolute Gasteiger partial charge is 0.449 e. The summed E-state index contributed by atoms with van der Waals surface area (Å²) in [7, 11) is 2.02. The van der Waals surface area contributed by atoms with Crippen LogP contribution in [0, 0.1) is 0 Å². The molecule has 6 N–H and O–H groups in total. The summed E-state index contributed by atoms with van der Waals surface area (Å²) in [5.41, 5.74) is 14.7. The van der Waals surface area contributed by atoms with Crippen LogP contribution in [0.4, 0.5) is 31.4 Å². The quantitative estimate of drug-likeness (QED) is 0.0552. The number of likely N-dealkylation sites (N-methyl/N-ethyl adjacent to an activating group) is 1. The number of alkyl carbamates (subject to hydrolysis) is 1. The molecule has 6 aromatic carbocycles. The number of carbonyl (C=O) groups is 6. The molecule has 0 spiro atoms. The van der Waals surface area contributed by atoms with Gasteiger partial charge >= 0.3 is 18.2 Å². The van der Waals surface area contributed by atoms with Gasteiger partial charge in [0.05, 0.1) is 5.69 Å². The molecule has 3 aliphatic heterocycles. The van der Waals surface area contributed by atoms with E-state index >= 15 is 0 Å². The second kappa shape index (κ2) is 21.1. The number of rotatable bonds is 13. The monoisotopic (exact) mass is 1040 g/mol. The zero-order valence-electron chi connectivity index (χ0n) is 41.8. The molecule has 0 bridgehead atoms. The third-order valence-electron chi connectivity index (χ3n) is 15.1. The predicted molar refractivity (Wildman–Crippen MR) is 292 cm³/mol. The molecule has 1 aromatic heterocycles. The molecular formula is C58H56ClN9O8. The second-order valence-corrected chi connectivity index (χ2v) is 20.0. The number of nitrogens with two attached hydrogens (primary N) is 1. The number of halogens is 1. The summed E-state index contributed by atoms with van der Waals surface area (Å²) in [6.07, 6.45) is -0.140. The Morgan fingerprint density at radius 1 is 0.763 bits per heavy atom. The van der Waals surface area contributed by atoms with E-state index in [-0.39, 0.29) is 49.1 Å². The number of anilines is 3. The molecule has 7 amide bonds. The summed E-state index contributed by atoms with van der Waals surface area (Å²) >= 11 is 6.61. The molecule has 0 saturated carbocycles. The molecule has 7 aromatic rings. The number of alkyl halides is 1. The minimum Gasteiger partial charge on any atom is -0.449 e. The number of nitrogens with one attached hydrogen (secondary N) is 4. The van der Waals surface area contributed by atoms with E-state index in [2.05, 4.69) is 25.8 Å². The number of hydrogen-bond acceptors (Lipinski definition) is 9. The van der Waals surface area contributed by atoms with Crippen molar-refractivity contribution in [2.24, 2.45) is 5.73 Å². The number of aromatic nitrogens is 1. The van der Waals surface area contributed by atoms with Crippen molar-refractivity contribution in [1.29, 1.82) is 0 Å². The van der Waals surface area contributed by atoms with Crippen molar-refractivity contribution in [3.8, 4) is 16.9 Å². The van der Waals surface area contributed by atoms with Crippen molar-refractivity contribution in [3.05, 3.63) is 155 Å². The normalized spacial score (nSPS) is 16.2. The van der Waals surface area contributed by atoms with Crippen molar-refractivity contribution < 1.29 is 38.2 Å². The van der Waals surface area contributed by atoms with Gasteiger partial charge in [-0.15, -0.1) is 11.6 Å². The van der Waals surface area contributed by atoms with Gasteiger partial charge in [-0.05, 0) is 108 Å². The van der Waals surface area contributed by atoms with Crippen LogP contribution in [0.5, 0.6) is 5.75 Å². The van der Waals surface area contributed by atoms with Gasteiger partial charge in [0.25, 0.3) is 11.8 Å². The van der Waals surface area contributed by atoms with Crippen molar-refractivity contribution in [3.63, 3.8) is 0 Å². The Balaban J connectivity index is 0.764. The number of primary amides is 1. The number of hydrogen-bond donors (Lipinski definition) is 5. The fourth-order valence-electron chi connectivity index (χ4n) is 11.2. The van der Waals surface area contributed by atoms with Gasteiger partial charge in [0.15, 0.2) is 0 Å². The highest BCUT2D eigenvalue weighted by Gasteiger charge is 2.37. The summed E-state index contributed by atoms with van der Waals surface area (Å²) in [4.78, 5) is 91.4.